The van der Waals surface area contributed by atoms with Crippen molar-refractivity contribution in [1.82, 2.24) is 9.62 Å². The maximum absolute atomic E-state index is 12.7. The van der Waals surface area contributed by atoms with Crippen molar-refractivity contribution in [2.75, 3.05) is 20.2 Å². The van der Waals surface area contributed by atoms with E-state index < -0.39 is 10.0 Å². The second kappa shape index (κ2) is 9.47. The first kappa shape index (κ1) is 22.1. The van der Waals surface area contributed by atoms with Crippen LogP contribution in [0.25, 0.3) is 0 Å². The van der Waals surface area contributed by atoms with Gasteiger partial charge in [0, 0.05) is 25.6 Å². The highest BCUT2D eigenvalue weighted by molar-refractivity contribution is 7.91. The van der Waals surface area contributed by atoms with E-state index in [0.29, 0.717) is 36.8 Å². The maximum atomic E-state index is 12.7. The molecule has 0 spiro atoms. The molecule has 1 fully saturated rings. The van der Waals surface area contributed by atoms with E-state index in [1.165, 1.54) is 4.31 Å². The number of rotatable bonds is 7. The number of methoxy groups -OCH3 is 1. The molecule has 1 unspecified atom stereocenters. The van der Waals surface area contributed by atoms with Crippen molar-refractivity contribution in [2.45, 2.75) is 30.5 Å². The lowest BCUT2D eigenvalue weighted by Gasteiger charge is -2.33. The molecule has 0 aliphatic carbocycles. The quantitative estimate of drug-likeness (QED) is 0.688. The monoisotopic (exact) mass is 456 g/mol. The molecule has 2 heterocycles. The van der Waals surface area contributed by atoms with Crippen molar-refractivity contribution in [3.8, 4) is 5.75 Å². The van der Waals surface area contributed by atoms with E-state index in [4.69, 9.17) is 16.3 Å². The number of sulfonamides is 1. The number of hydrogen-bond donors (Lipinski definition) is 1. The van der Waals surface area contributed by atoms with Gasteiger partial charge in [-0.05, 0) is 48.6 Å². The van der Waals surface area contributed by atoms with Gasteiger partial charge in [-0.2, -0.15) is 4.31 Å². The van der Waals surface area contributed by atoms with Crippen LogP contribution in [-0.2, 0) is 21.4 Å². The number of halogens is 1. The van der Waals surface area contributed by atoms with Gasteiger partial charge in [0.15, 0.2) is 0 Å². The van der Waals surface area contributed by atoms with Gasteiger partial charge in [-0.15, -0.1) is 11.3 Å². The van der Waals surface area contributed by atoms with Crippen LogP contribution < -0.4 is 10.1 Å². The van der Waals surface area contributed by atoms with Crippen LogP contribution in [0.3, 0.4) is 0 Å². The number of hydrogen-bond acceptors (Lipinski definition) is 5. The molecule has 1 aliphatic rings. The van der Waals surface area contributed by atoms with Crippen LogP contribution in [0.2, 0.25) is 4.34 Å². The average Bonchev–Trinajstić information content (AvgIpc) is 3.19. The van der Waals surface area contributed by atoms with Gasteiger partial charge in [0.2, 0.25) is 5.91 Å². The molecule has 1 N–H and O–H groups in total. The van der Waals surface area contributed by atoms with Crippen molar-refractivity contribution in [3.05, 3.63) is 46.3 Å². The molecule has 0 bridgehead atoms. The predicted octanol–water partition coefficient (Wildman–Crippen LogP) is 3.76. The smallest absolute Gasteiger partial charge is 0.252 e. The third-order valence-electron chi connectivity index (χ3n) is 5.36. The summed E-state index contributed by atoms with van der Waals surface area (Å²) in [5.41, 5.74) is 0.973. The highest BCUT2D eigenvalue weighted by Gasteiger charge is 2.34. The van der Waals surface area contributed by atoms with Crippen LogP contribution in [-0.4, -0.2) is 38.8 Å². The number of carbonyl (C=O) groups is 1. The van der Waals surface area contributed by atoms with E-state index in [1.807, 2.05) is 31.2 Å². The summed E-state index contributed by atoms with van der Waals surface area (Å²) in [6.45, 7) is 3.17. The van der Waals surface area contributed by atoms with Crippen molar-refractivity contribution < 1.29 is 17.9 Å². The van der Waals surface area contributed by atoms with Gasteiger partial charge in [-0.3, -0.25) is 4.79 Å². The molecule has 158 valence electrons. The Labute approximate surface area is 180 Å². The summed E-state index contributed by atoms with van der Waals surface area (Å²) in [7, 11) is -1.90. The molecule has 29 heavy (non-hydrogen) atoms. The summed E-state index contributed by atoms with van der Waals surface area (Å²) in [5.74, 6) is 0.713. The van der Waals surface area contributed by atoms with E-state index in [9.17, 15) is 13.2 Å². The van der Waals surface area contributed by atoms with Crippen molar-refractivity contribution >= 4 is 38.9 Å². The van der Waals surface area contributed by atoms with Crippen LogP contribution in [0.15, 0.2) is 40.6 Å². The topological polar surface area (TPSA) is 75.7 Å². The Hall–Kier alpha value is -1.61. The molecule has 3 rings (SSSR count). The van der Waals surface area contributed by atoms with Crippen LogP contribution in [0, 0.1) is 11.8 Å². The minimum Gasteiger partial charge on any atom is -0.497 e. The summed E-state index contributed by atoms with van der Waals surface area (Å²) >= 11 is 6.95. The summed E-state index contributed by atoms with van der Waals surface area (Å²) in [6.07, 6.45) is 1.32. The summed E-state index contributed by atoms with van der Waals surface area (Å²) in [4.78, 5) is 12.6. The number of nitrogens with one attached hydrogen (secondary N) is 1. The third kappa shape index (κ3) is 5.31. The van der Waals surface area contributed by atoms with Gasteiger partial charge in [-0.25, -0.2) is 8.42 Å². The van der Waals surface area contributed by atoms with Gasteiger partial charge < -0.3 is 10.1 Å². The third-order valence-corrected chi connectivity index (χ3v) is 8.96. The fourth-order valence-corrected chi connectivity index (χ4v) is 6.63. The summed E-state index contributed by atoms with van der Waals surface area (Å²) < 4.78 is 32.8. The SMILES string of the molecule is COc1cccc(CNC(=O)C(C)C2CCN(S(=O)(=O)c3ccc(Cl)s3)CC2)c1. The van der Waals surface area contributed by atoms with E-state index in [0.717, 1.165) is 22.6 Å². The number of carbonyl (C=O) groups excluding carboxylic acids is 1. The van der Waals surface area contributed by atoms with Crippen molar-refractivity contribution in [3.63, 3.8) is 0 Å². The van der Waals surface area contributed by atoms with E-state index in [1.54, 1.807) is 19.2 Å². The Kier molecular flexibility index (Phi) is 7.21. The van der Waals surface area contributed by atoms with Gasteiger partial charge in [0.25, 0.3) is 10.0 Å². The van der Waals surface area contributed by atoms with Gasteiger partial charge >= 0.3 is 0 Å². The summed E-state index contributed by atoms with van der Waals surface area (Å²) in [5, 5.41) is 2.98. The molecular weight excluding hydrogens is 432 g/mol. The Bertz CT molecular complexity index is 953. The number of thiophene rings is 1. The molecule has 1 saturated heterocycles. The number of amides is 1. The summed E-state index contributed by atoms with van der Waals surface area (Å²) in [6, 6.07) is 10.7. The molecule has 6 nitrogen and oxygen atoms in total. The molecular formula is C20H25ClN2O4S2. The maximum Gasteiger partial charge on any atom is 0.252 e. The Balaban J connectivity index is 1.52. The Morgan fingerprint density at radius 3 is 2.66 bits per heavy atom. The zero-order valence-electron chi connectivity index (χ0n) is 16.4. The normalized spacial score (nSPS) is 17.1. The van der Waals surface area contributed by atoms with Gasteiger partial charge in [0.1, 0.15) is 9.96 Å². The molecule has 1 aliphatic heterocycles. The van der Waals surface area contributed by atoms with Crippen molar-refractivity contribution in [2.24, 2.45) is 11.8 Å². The fourth-order valence-electron chi connectivity index (χ4n) is 3.53. The molecule has 1 atom stereocenters. The minimum atomic E-state index is -3.51. The molecule has 0 radical (unpaired) electrons. The number of ether oxygens (including phenoxy) is 1. The molecule has 1 aromatic heterocycles. The second-order valence-corrected chi connectivity index (χ2v) is 11.0. The first-order valence-corrected chi connectivity index (χ1v) is 12.1. The largest absolute Gasteiger partial charge is 0.497 e. The van der Waals surface area contributed by atoms with E-state index in [-0.39, 0.29) is 22.0 Å². The highest BCUT2D eigenvalue weighted by Crippen LogP contribution is 2.32. The first-order valence-electron chi connectivity index (χ1n) is 9.47. The molecule has 2 aromatic rings. The van der Waals surface area contributed by atoms with Crippen LogP contribution in [0.4, 0.5) is 0 Å². The molecule has 0 saturated carbocycles. The second-order valence-electron chi connectivity index (χ2n) is 7.16. The van der Waals surface area contributed by atoms with Crippen LogP contribution >= 0.6 is 22.9 Å². The number of benzene rings is 1. The van der Waals surface area contributed by atoms with Gasteiger partial charge in [0.05, 0.1) is 11.4 Å². The number of piperidine rings is 1. The average molecular weight is 457 g/mol. The predicted molar refractivity (Wildman–Crippen MR) is 115 cm³/mol. The number of nitrogens with zero attached hydrogens (tertiary/aromatic N) is 1. The lowest BCUT2D eigenvalue weighted by atomic mass is 9.85. The van der Waals surface area contributed by atoms with E-state index >= 15 is 0 Å². The molecule has 1 amide bonds. The Morgan fingerprint density at radius 2 is 2.03 bits per heavy atom. The van der Waals surface area contributed by atoms with Crippen LogP contribution in [0.1, 0.15) is 25.3 Å². The lowest BCUT2D eigenvalue weighted by Crippen LogP contribution is -2.42. The minimum absolute atomic E-state index is 0.0147. The van der Waals surface area contributed by atoms with Crippen molar-refractivity contribution in [1.29, 1.82) is 0 Å². The standard InChI is InChI=1S/C20H25ClN2O4S2/c1-14(20(24)22-13-15-4-3-5-17(12-15)27-2)16-8-10-23(11-9-16)29(25,26)19-7-6-18(21)28-19/h3-7,12,14,16H,8-11,13H2,1-2H3,(H,22,24). The fraction of sp³-hybridized carbons (Fsp3) is 0.450. The molecule has 1 aromatic carbocycles. The lowest BCUT2D eigenvalue weighted by molar-refractivity contribution is -0.126. The van der Waals surface area contributed by atoms with E-state index in [2.05, 4.69) is 5.32 Å². The first-order chi connectivity index (χ1) is 13.8. The Morgan fingerprint density at radius 1 is 1.31 bits per heavy atom. The zero-order valence-corrected chi connectivity index (χ0v) is 18.8. The highest BCUT2D eigenvalue weighted by atomic mass is 35.5. The molecule has 9 heteroatoms. The zero-order chi connectivity index (χ0) is 21.0. The van der Waals surface area contributed by atoms with Gasteiger partial charge in [-0.1, -0.05) is 30.7 Å². The van der Waals surface area contributed by atoms with Crippen LogP contribution in [0.5, 0.6) is 5.75 Å².